The molecular weight excluding hydrogens is 671 g/mol. The highest BCUT2D eigenvalue weighted by Crippen LogP contribution is 2.50. The highest BCUT2D eigenvalue weighted by Gasteiger charge is 2.36. The number of benzene rings is 8. The molecule has 8 aromatic carbocycles. The zero-order chi connectivity index (χ0) is 35.8. The second kappa shape index (κ2) is 13.8. The van der Waals surface area contributed by atoms with E-state index in [2.05, 4.69) is 217 Å². The molecule has 0 radical (unpaired) electrons. The maximum absolute atomic E-state index is 2.63. The highest BCUT2D eigenvalue weighted by atomic mass is 32.1. The highest BCUT2D eigenvalue weighted by molar-refractivity contribution is 7.26. The van der Waals surface area contributed by atoms with E-state index < -0.39 is 0 Å². The molecule has 0 fully saturated rings. The van der Waals surface area contributed by atoms with Crippen molar-refractivity contribution in [1.82, 2.24) is 0 Å². The molecule has 1 heterocycles. The molecule has 0 amide bonds. The third-order valence-electron chi connectivity index (χ3n) is 10.9. The van der Waals surface area contributed by atoms with Crippen LogP contribution < -0.4 is 4.90 Å². The van der Waals surface area contributed by atoms with Crippen molar-refractivity contribution in [1.29, 1.82) is 0 Å². The van der Waals surface area contributed by atoms with Gasteiger partial charge >= 0.3 is 0 Å². The van der Waals surface area contributed by atoms with Gasteiger partial charge in [-0.3, -0.25) is 0 Å². The van der Waals surface area contributed by atoms with Gasteiger partial charge < -0.3 is 4.90 Å². The van der Waals surface area contributed by atoms with Gasteiger partial charge in [-0.05, 0) is 80.1 Å². The summed E-state index contributed by atoms with van der Waals surface area (Å²) in [7, 11) is 0. The van der Waals surface area contributed by atoms with Gasteiger partial charge in [-0.25, -0.2) is 0 Å². The first-order valence-corrected chi connectivity index (χ1v) is 19.5. The molecule has 2 unspecified atom stereocenters. The molecule has 0 aliphatic heterocycles. The van der Waals surface area contributed by atoms with Crippen molar-refractivity contribution in [2.75, 3.05) is 4.90 Å². The molecule has 54 heavy (non-hydrogen) atoms. The predicted molar refractivity (Wildman–Crippen MR) is 233 cm³/mol. The Kier molecular flexibility index (Phi) is 8.24. The molecule has 10 rings (SSSR count). The van der Waals surface area contributed by atoms with Crippen LogP contribution in [0.25, 0.3) is 58.8 Å². The van der Waals surface area contributed by atoms with Crippen molar-refractivity contribution >= 4 is 59.2 Å². The Hall–Kier alpha value is -6.48. The second-order valence-corrected chi connectivity index (χ2v) is 15.1. The molecule has 0 saturated carbocycles. The van der Waals surface area contributed by atoms with E-state index in [9.17, 15) is 0 Å². The Balaban J connectivity index is 1.25. The molecule has 2 heteroatoms. The molecule has 9 aromatic rings. The number of hydrogen-bond acceptors (Lipinski definition) is 2. The maximum atomic E-state index is 2.63. The van der Waals surface area contributed by atoms with Crippen LogP contribution in [0.5, 0.6) is 0 Å². The molecular formula is C52H37NS. The smallest absolute Gasteiger partial charge is 0.0635 e. The summed E-state index contributed by atoms with van der Waals surface area (Å²) >= 11 is 1.87. The van der Waals surface area contributed by atoms with Crippen molar-refractivity contribution < 1.29 is 0 Å². The Labute approximate surface area is 320 Å². The predicted octanol–water partition coefficient (Wildman–Crippen LogP) is 14.5. The van der Waals surface area contributed by atoms with Crippen LogP contribution in [-0.2, 0) is 0 Å². The van der Waals surface area contributed by atoms with E-state index in [1.54, 1.807) is 0 Å². The van der Waals surface area contributed by atoms with Gasteiger partial charge in [0.2, 0.25) is 0 Å². The molecule has 0 N–H and O–H groups in total. The van der Waals surface area contributed by atoms with Crippen molar-refractivity contribution in [3.63, 3.8) is 0 Å². The van der Waals surface area contributed by atoms with Gasteiger partial charge in [0.05, 0.1) is 11.7 Å². The van der Waals surface area contributed by atoms with Crippen LogP contribution in [-0.4, -0.2) is 6.04 Å². The SMILES string of the molecule is C1=CC(N(c2cccc(-c3cccc4ccccc34)c2)c2cccc3sc4ccccc4c23)C(c2ccccc2-c2ccccc2)C(c2ccccc2)=C1. The average molecular weight is 708 g/mol. The normalized spacial score (nSPS) is 15.4. The third-order valence-corrected chi connectivity index (χ3v) is 12.0. The fraction of sp³-hybridized carbons (Fsp3) is 0.0385. The largest absolute Gasteiger partial charge is 0.333 e. The summed E-state index contributed by atoms with van der Waals surface area (Å²) in [6, 6.07) is 71.1. The molecule has 1 aromatic heterocycles. The van der Waals surface area contributed by atoms with Crippen molar-refractivity contribution in [2.24, 2.45) is 0 Å². The van der Waals surface area contributed by atoms with Crippen LogP contribution in [0.3, 0.4) is 0 Å². The minimum absolute atomic E-state index is 0.00942. The first kappa shape index (κ1) is 32.2. The lowest BCUT2D eigenvalue weighted by Crippen LogP contribution is -2.37. The summed E-state index contributed by atoms with van der Waals surface area (Å²) in [6.45, 7) is 0. The fourth-order valence-corrected chi connectivity index (χ4v) is 9.67. The number of thiophene rings is 1. The van der Waals surface area contributed by atoms with Gasteiger partial charge in [0.1, 0.15) is 0 Å². The second-order valence-electron chi connectivity index (χ2n) is 14.0. The van der Waals surface area contributed by atoms with E-state index in [0.29, 0.717) is 0 Å². The van der Waals surface area contributed by atoms with Crippen LogP contribution in [0, 0.1) is 0 Å². The fourth-order valence-electron chi connectivity index (χ4n) is 8.54. The molecule has 2 atom stereocenters. The molecule has 0 spiro atoms. The lowest BCUT2D eigenvalue weighted by molar-refractivity contribution is 0.706. The lowest BCUT2D eigenvalue weighted by atomic mass is 9.75. The summed E-state index contributed by atoms with van der Waals surface area (Å²) < 4.78 is 2.60. The van der Waals surface area contributed by atoms with Crippen molar-refractivity contribution in [2.45, 2.75) is 12.0 Å². The number of rotatable bonds is 7. The maximum Gasteiger partial charge on any atom is 0.0635 e. The van der Waals surface area contributed by atoms with Crippen molar-refractivity contribution in [3.8, 4) is 22.3 Å². The number of nitrogens with zero attached hydrogens (tertiary/aromatic N) is 1. The quantitative estimate of drug-likeness (QED) is 0.159. The molecule has 1 aliphatic carbocycles. The van der Waals surface area contributed by atoms with Crippen LogP contribution in [0.15, 0.2) is 212 Å². The summed E-state index contributed by atoms with van der Waals surface area (Å²) in [5.41, 5.74) is 11.2. The standard InChI is InChI=1S/C52H37NS/c1-3-17-36(18-4-1)42-26-9-10-27-45(42)51-44(38-19-5-2-6-20-38)30-15-31-47(51)53(48-32-16-34-50-52(48)46-28-11-12-33-49(46)54-50)40-24-13-23-39(35-40)43-29-14-22-37-21-7-8-25-41(37)43/h1-35,47,51H. The van der Waals surface area contributed by atoms with Crippen LogP contribution in [0.4, 0.5) is 11.4 Å². The average Bonchev–Trinajstić information content (AvgIpc) is 3.64. The molecule has 1 aliphatic rings. The molecule has 1 nitrogen and oxygen atoms in total. The first-order chi connectivity index (χ1) is 26.8. The zero-order valence-electron chi connectivity index (χ0n) is 29.7. The van der Waals surface area contributed by atoms with E-state index in [-0.39, 0.29) is 12.0 Å². The van der Waals surface area contributed by atoms with E-state index in [4.69, 9.17) is 0 Å². The molecule has 0 saturated heterocycles. The minimum Gasteiger partial charge on any atom is -0.333 e. The number of anilines is 2. The minimum atomic E-state index is -0.0536. The third kappa shape index (κ3) is 5.64. The van der Waals surface area contributed by atoms with Gasteiger partial charge in [0, 0.05) is 31.8 Å². The van der Waals surface area contributed by atoms with E-state index in [1.165, 1.54) is 75.6 Å². The monoisotopic (exact) mass is 707 g/mol. The van der Waals surface area contributed by atoms with Crippen LogP contribution in [0.1, 0.15) is 17.0 Å². The summed E-state index contributed by atoms with van der Waals surface area (Å²) in [5.74, 6) is 0.00942. The van der Waals surface area contributed by atoms with Crippen LogP contribution >= 0.6 is 11.3 Å². The Bertz CT molecular complexity index is 2840. The Morgan fingerprint density at radius 1 is 0.463 bits per heavy atom. The summed E-state index contributed by atoms with van der Waals surface area (Å²) in [6.07, 6.45) is 7.04. The van der Waals surface area contributed by atoms with E-state index >= 15 is 0 Å². The van der Waals surface area contributed by atoms with Crippen LogP contribution in [0.2, 0.25) is 0 Å². The Morgan fingerprint density at radius 3 is 1.96 bits per heavy atom. The topological polar surface area (TPSA) is 3.24 Å². The molecule has 256 valence electrons. The lowest BCUT2D eigenvalue weighted by Gasteiger charge is -2.41. The number of fused-ring (bicyclic) bond motifs is 4. The summed E-state index contributed by atoms with van der Waals surface area (Å²) in [4.78, 5) is 2.63. The van der Waals surface area contributed by atoms with E-state index in [1.807, 2.05) is 11.3 Å². The number of allylic oxidation sites excluding steroid dienone is 2. The summed E-state index contributed by atoms with van der Waals surface area (Å²) in [5, 5.41) is 5.10. The van der Waals surface area contributed by atoms with Gasteiger partial charge in [-0.2, -0.15) is 0 Å². The molecule has 0 bridgehead atoms. The van der Waals surface area contributed by atoms with Crippen molar-refractivity contribution in [3.05, 3.63) is 223 Å². The Morgan fingerprint density at radius 2 is 1.09 bits per heavy atom. The van der Waals surface area contributed by atoms with E-state index in [0.717, 1.165) is 5.69 Å². The first-order valence-electron chi connectivity index (χ1n) is 18.7. The van der Waals surface area contributed by atoms with Gasteiger partial charge in [0.15, 0.2) is 0 Å². The van der Waals surface area contributed by atoms with Gasteiger partial charge in [0.25, 0.3) is 0 Å². The zero-order valence-corrected chi connectivity index (χ0v) is 30.5. The number of hydrogen-bond donors (Lipinski definition) is 0. The van der Waals surface area contributed by atoms with Gasteiger partial charge in [-0.1, -0.05) is 182 Å². The van der Waals surface area contributed by atoms with Gasteiger partial charge in [-0.15, -0.1) is 11.3 Å².